The lowest BCUT2D eigenvalue weighted by Crippen LogP contribution is -2.03. The van der Waals surface area contributed by atoms with Crippen molar-refractivity contribution in [1.82, 2.24) is 0 Å². The van der Waals surface area contributed by atoms with Gasteiger partial charge in [0.15, 0.2) is 0 Å². The third-order valence-corrected chi connectivity index (χ3v) is 4.06. The molecule has 2 aromatic carbocycles. The van der Waals surface area contributed by atoms with E-state index in [1.165, 1.54) is 29.5 Å². The van der Waals surface area contributed by atoms with Gasteiger partial charge >= 0.3 is 0 Å². The Morgan fingerprint density at radius 2 is 1.70 bits per heavy atom. The number of hydrogen-bond donors (Lipinski definition) is 1. The lowest BCUT2D eigenvalue weighted by molar-refractivity contribution is 0.219. The molecule has 0 fully saturated rings. The van der Waals surface area contributed by atoms with Crippen LogP contribution in [0.1, 0.15) is 53.7 Å². The molecule has 0 spiro atoms. The van der Waals surface area contributed by atoms with E-state index < -0.39 is 6.10 Å². The van der Waals surface area contributed by atoms with Gasteiger partial charge in [0.2, 0.25) is 0 Å². The van der Waals surface area contributed by atoms with E-state index in [9.17, 15) is 5.11 Å². The van der Waals surface area contributed by atoms with Gasteiger partial charge in [-0.2, -0.15) is 0 Å². The van der Waals surface area contributed by atoms with Gasteiger partial charge in [-0.1, -0.05) is 55.8 Å². The molecule has 0 saturated heterocycles. The second-order valence-electron chi connectivity index (χ2n) is 5.54. The highest BCUT2D eigenvalue weighted by Crippen LogP contribution is 2.26. The molecule has 0 aliphatic carbocycles. The predicted molar refractivity (Wildman–Crippen MR) is 85.0 cm³/mol. The molecule has 0 heterocycles. The van der Waals surface area contributed by atoms with Crippen LogP contribution in [0.15, 0.2) is 42.5 Å². The van der Waals surface area contributed by atoms with Gasteiger partial charge in [-0.15, -0.1) is 0 Å². The molecule has 0 aliphatic heterocycles. The van der Waals surface area contributed by atoms with Crippen LogP contribution in [0.4, 0.5) is 0 Å². The first-order valence-electron chi connectivity index (χ1n) is 7.46. The minimum atomic E-state index is -0.532. The summed E-state index contributed by atoms with van der Waals surface area (Å²) in [5.41, 5.74) is 5.73. The molecule has 2 rings (SSSR count). The van der Waals surface area contributed by atoms with Crippen molar-refractivity contribution in [3.8, 4) is 0 Å². The monoisotopic (exact) mass is 268 g/mol. The molecule has 1 N–H and O–H groups in total. The second kappa shape index (κ2) is 6.71. The first-order chi connectivity index (χ1) is 9.63. The van der Waals surface area contributed by atoms with Crippen molar-refractivity contribution in [2.24, 2.45) is 0 Å². The van der Waals surface area contributed by atoms with E-state index in [1.807, 2.05) is 12.1 Å². The molecule has 20 heavy (non-hydrogen) atoms. The molecule has 2 aromatic rings. The summed E-state index contributed by atoms with van der Waals surface area (Å²) in [5, 5.41) is 10.6. The fourth-order valence-corrected chi connectivity index (χ4v) is 2.50. The molecule has 0 amide bonds. The van der Waals surface area contributed by atoms with Crippen LogP contribution in [0.2, 0.25) is 0 Å². The van der Waals surface area contributed by atoms with Gasteiger partial charge in [0.1, 0.15) is 6.10 Å². The molecule has 0 aromatic heterocycles. The van der Waals surface area contributed by atoms with E-state index in [2.05, 4.69) is 51.1 Å². The van der Waals surface area contributed by atoms with Gasteiger partial charge in [-0.25, -0.2) is 0 Å². The second-order valence-corrected chi connectivity index (χ2v) is 5.54. The molecule has 1 heteroatoms. The molecular formula is C19H24O. The number of unbranched alkanes of at least 4 members (excludes halogenated alkanes) is 1. The Morgan fingerprint density at radius 3 is 2.35 bits per heavy atom. The number of hydrogen-bond acceptors (Lipinski definition) is 1. The predicted octanol–water partition coefficient (Wildman–Crippen LogP) is 4.73. The normalized spacial score (nSPS) is 12.4. The Labute approximate surface area is 122 Å². The fraction of sp³-hybridized carbons (Fsp3) is 0.368. The number of rotatable bonds is 5. The molecule has 0 bridgehead atoms. The summed E-state index contributed by atoms with van der Waals surface area (Å²) in [6, 6.07) is 14.5. The zero-order valence-electron chi connectivity index (χ0n) is 12.7. The van der Waals surface area contributed by atoms with Crippen molar-refractivity contribution in [2.45, 2.75) is 46.1 Å². The zero-order chi connectivity index (χ0) is 14.5. The quantitative estimate of drug-likeness (QED) is 0.831. The largest absolute Gasteiger partial charge is 0.384 e. The molecule has 1 atom stereocenters. The standard InChI is InChI=1S/C19H24O/c1-4-5-8-16-10-12-17(13-11-16)19(20)18-9-6-7-14(2)15(18)3/h6-7,9-13,19-20H,4-5,8H2,1-3H3. The van der Waals surface area contributed by atoms with Gasteiger partial charge in [-0.05, 0) is 54.5 Å². The molecule has 0 radical (unpaired) electrons. The van der Waals surface area contributed by atoms with Gasteiger partial charge in [0.25, 0.3) is 0 Å². The van der Waals surface area contributed by atoms with Crippen LogP contribution in [0, 0.1) is 13.8 Å². The van der Waals surface area contributed by atoms with E-state index >= 15 is 0 Å². The van der Waals surface area contributed by atoms with Crippen LogP contribution >= 0.6 is 0 Å². The summed E-state index contributed by atoms with van der Waals surface area (Å²) in [6.07, 6.45) is 3.03. The van der Waals surface area contributed by atoms with Crippen LogP contribution in [0.3, 0.4) is 0 Å². The lowest BCUT2D eigenvalue weighted by atomic mass is 9.94. The maximum absolute atomic E-state index is 10.6. The van der Waals surface area contributed by atoms with E-state index in [1.54, 1.807) is 0 Å². The summed E-state index contributed by atoms with van der Waals surface area (Å²) in [7, 11) is 0. The smallest absolute Gasteiger partial charge is 0.104 e. The van der Waals surface area contributed by atoms with E-state index in [0.29, 0.717) is 0 Å². The summed E-state index contributed by atoms with van der Waals surface area (Å²) in [4.78, 5) is 0. The fourth-order valence-electron chi connectivity index (χ4n) is 2.50. The van der Waals surface area contributed by atoms with Crippen molar-refractivity contribution in [2.75, 3.05) is 0 Å². The molecule has 106 valence electrons. The topological polar surface area (TPSA) is 20.2 Å². The minimum absolute atomic E-state index is 0.532. The number of aliphatic hydroxyl groups is 1. The van der Waals surface area contributed by atoms with Crippen LogP contribution in [0.5, 0.6) is 0 Å². The van der Waals surface area contributed by atoms with Crippen molar-refractivity contribution >= 4 is 0 Å². The van der Waals surface area contributed by atoms with Gasteiger partial charge in [0, 0.05) is 0 Å². The van der Waals surface area contributed by atoms with Crippen LogP contribution in [-0.2, 0) is 6.42 Å². The lowest BCUT2D eigenvalue weighted by Gasteiger charge is -2.16. The highest BCUT2D eigenvalue weighted by atomic mass is 16.3. The Morgan fingerprint density at radius 1 is 1.00 bits per heavy atom. The first kappa shape index (κ1) is 14.8. The first-order valence-corrected chi connectivity index (χ1v) is 7.46. The Hall–Kier alpha value is -1.60. The van der Waals surface area contributed by atoms with Crippen molar-refractivity contribution < 1.29 is 5.11 Å². The van der Waals surface area contributed by atoms with Gasteiger partial charge < -0.3 is 5.11 Å². The van der Waals surface area contributed by atoms with E-state index in [-0.39, 0.29) is 0 Å². The Balaban J connectivity index is 2.20. The molecule has 1 nitrogen and oxygen atoms in total. The molecule has 0 aliphatic rings. The molecular weight excluding hydrogens is 244 g/mol. The maximum atomic E-state index is 10.6. The highest BCUT2D eigenvalue weighted by molar-refractivity contribution is 5.39. The molecule has 1 unspecified atom stereocenters. The van der Waals surface area contributed by atoms with Crippen LogP contribution in [-0.4, -0.2) is 5.11 Å². The summed E-state index contributed by atoms with van der Waals surface area (Å²) in [6.45, 7) is 6.36. The van der Waals surface area contributed by atoms with Gasteiger partial charge in [-0.3, -0.25) is 0 Å². The van der Waals surface area contributed by atoms with Crippen LogP contribution < -0.4 is 0 Å². The third kappa shape index (κ3) is 3.29. The summed E-state index contributed by atoms with van der Waals surface area (Å²) >= 11 is 0. The maximum Gasteiger partial charge on any atom is 0.104 e. The SMILES string of the molecule is CCCCc1ccc(C(O)c2cccc(C)c2C)cc1. The average Bonchev–Trinajstić information content (AvgIpc) is 2.48. The summed E-state index contributed by atoms with van der Waals surface area (Å²) in [5.74, 6) is 0. The number of aliphatic hydroxyl groups excluding tert-OH is 1. The molecule has 0 saturated carbocycles. The van der Waals surface area contributed by atoms with Gasteiger partial charge in [0.05, 0.1) is 0 Å². The number of aryl methyl sites for hydroxylation is 2. The van der Waals surface area contributed by atoms with Crippen molar-refractivity contribution in [1.29, 1.82) is 0 Å². The summed E-state index contributed by atoms with van der Waals surface area (Å²) < 4.78 is 0. The third-order valence-electron chi connectivity index (χ3n) is 4.06. The van der Waals surface area contributed by atoms with Crippen LogP contribution in [0.25, 0.3) is 0 Å². The Kier molecular flexibility index (Phi) is 4.97. The Bertz CT molecular complexity index is 554. The van der Waals surface area contributed by atoms with Crippen molar-refractivity contribution in [3.05, 3.63) is 70.3 Å². The average molecular weight is 268 g/mol. The number of benzene rings is 2. The van der Waals surface area contributed by atoms with E-state index in [0.717, 1.165) is 17.5 Å². The minimum Gasteiger partial charge on any atom is -0.384 e. The highest BCUT2D eigenvalue weighted by Gasteiger charge is 2.13. The van der Waals surface area contributed by atoms with Crippen molar-refractivity contribution in [3.63, 3.8) is 0 Å². The van der Waals surface area contributed by atoms with E-state index in [4.69, 9.17) is 0 Å². The zero-order valence-corrected chi connectivity index (χ0v) is 12.7.